The van der Waals surface area contributed by atoms with Gasteiger partial charge in [0.25, 0.3) is 0 Å². The van der Waals surface area contributed by atoms with Crippen LogP contribution in [-0.2, 0) is 9.53 Å². The normalized spacial score (nSPS) is 17.4. The number of hydrogen-bond acceptors (Lipinski definition) is 5. The summed E-state index contributed by atoms with van der Waals surface area (Å²) in [5, 5.41) is 3.37. The molecule has 1 amide bonds. The number of benzene rings is 1. The van der Waals surface area contributed by atoms with Crippen LogP contribution in [0.1, 0.15) is 43.6 Å². The van der Waals surface area contributed by atoms with E-state index in [-0.39, 0.29) is 12.2 Å². The van der Waals surface area contributed by atoms with Crippen molar-refractivity contribution in [1.82, 2.24) is 9.97 Å². The Morgan fingerprint density at radius 2 is 1.96 bits per heavy atom. The maximum atomic E-state index is 14.3. The summed E-state index contributed by atoms with van der Waals surface area (Å²) in [6, 6.07) is 8.34. The number of nitrogens with two attached hydrogens (primary N) is 1. The van der Waals surface area contributed by atoms with Gasteiger partial charge >= 0.3 is 0 Å². The molecule has 2 aromatic rings. The number of halogens is 1. The summed E-state index contributed by atoms with van der Waals surface area (Å²) in [4.78, 5) is 17.2. The SMILES string of the molecule is Fc1cnc(NC2CCCCC2)nc1-c1cccc(C2COC2)c1.NC=O. The Hall–Kier alpha value is -2.54. The van der Waals surface area contributed by atoms with Crippen LogP contribution in [0, 0.1) is 5.82 Å². The van der Waals surface area contributed by atoms with Crippen molar-refractivity contribution < 1.29 is 13.9 Å². The van der Waals surface area contributed by atoms with Crippen molar-refractivity contribution in [3.8, 4) is 11.3 Å². The van der Waals surface area contributed by atoms with Crippen molar-refractivity contribution in [2.24, 2.45) is 5.73 Å². The van der Waals surface area contributed by atoms with E-state index >= 15 is 0 Å². The third kappa shape index (κ3) is 5.01. The van der Waals surface area contributed by atoms with Crippen molar-refractivity contribution >= 4 is 12.4 Å². The summed E-state index contributed by atoms with van der Waals surface area (Å²) < 4.78 is 19.5. The largest absolute Gasteiger partial charge is 0.380 e. The average Bonchev–Trinajstić information content (AvgIpc) is 2.64. The number of ether oxygens (including phenoxy) is 1. The molecule has 144 valence electrons. The Labute approximate surface area is 158 Å². The Kier molecular flexibility index (Phi) is 6.70. The lowest BCUT2D eigenvalue weighted by atomic mass is 9.95. The molecule has 0 unspecified atom stereocenters. The fourth-order valence-corrected chi connectivity index (χ4v) is 3.44. The van der Waals surface area contributed by atoms with E-state index in [1.165, 1.54) is 31.0 Å². The minimum atomic E-state index is -0.383. The van der Waals surface area contributed by atoms with Gasteiger partial charge in [-0.1, -0.05) is 37.5 Å². The number of nitrogens with zero attached hydrogens (tertiary/aromatic N) is 2. The third-order valence-corrected chi connectivity index (χ3v) is 4.95. The standard InChI is InChI=1S/C19H22FN3O.CH3NO/c20-17-10-21-19(22-16-7-2-1-3-8-16)23-18(17)14-6-4-5-13(9-14)15-11-24-12-15;2-1-3/h4-6,9-10,15-16H,1-3,7-8,11-12H2,(H,21,22,23);1H,(H2,2,3). The molecule has 2 heterocycles. The first-order valence-electron chi connectivity index (χ1n) is 9.33. The predicted molar refractivity (Wildman–Crippen MR) is 102 cm³/mol. The molecule has 1 saturated carbocycles. The predicted octanol–water partition coefficient (Wildman–Crippen LogP) is 3.24. The Bertz CT molecular complexity index is 761. The second-order valence-electron chi connectivity index (χ2n) is 6.87. The lowest BCUT2D eigenvalue weighted by Crippen LogP contribution is -2.25. The van der Waals surface area contributed by atoms with Crippen LogP contribution in [0.3, 0.4) is 0 Å². The fourth-order valence-electron chi connectivity index (χ4n) is 3.44. The second-order valence-corrected chi connectivity index (χ2v) is 6.87. The minimum absolute atomic E-state index is 0.250. The van der Waals surface area contributed by atoms with Gasteiger partial charge in [0.15, 0.2) is 5.82 Å². The molecule has 1 saturated heterocycles. The minimum Gasteiger partial charge on any atom is -0.380 e. The molecule has 0 atom stereocenters. The molecule has 0 bridgehead atoms. The second kappa shape index (κ2) is 9.41. The van der Waals surface area contributed by atoms with Gasteiger partial charge in [-0.3, -0.25) is 4.79 Å². The molecule has 27 heavy (non-hydrogen) atoms. The van der Waals surface area contributed by atoms with Crippen molar-refractivity contribution in [3.63, 3.8) is 0 Å². The monoisotopic (exact) mass is 372 g/mol. The number of amides is 1. The maximum absolute atomic E-state index is 14.3. The highest BCUT2D eigenvalue weighted by atomic mass is 19.1. The van der Waals surface area contributed by atoms with Gasteiger partial charge in [0, 0.05) is 17.5 Å². The zero-order valence-electron chi connectivity index (χ0n) is 15.2. The first-order valence-corrected chi connectivity index (χ1v) is 9.33. The van der Waals surface area contributed by atoms with Crippen molar-refractivity contribution in [1.29, 1.82) is 0 Å². The van der Waals surface area contributed by atoms with Gasteiger partial charge in [-0.2, -0.15) is 0 Å². The number of anilines is 1. The van der Waals surface area contributed by atoms with Gasteiger partial charge in [0.05, 0.1) is 19.4 Å². The van der Waals surface area contributed by atoms with Gasteiger partial charge in [0.2, 0.25) is 12.4 Å². The molecule has 0 radical (unpaired) electrons. The highest BCUT2D eigenvalue weighted by Crippen LogP contribution is 2.29. The van der Waals surface area contributed by atoms with Crippen LogP contribution in [0.15, 0.2) is 30.5 Å². The van der Waals surface area contributed by atoms with Crippen LogP contribution in [0.2, 0.25) is 0 Å². The summed E-state index contributed by atoms with van der Waals surface area (Å²) in [7, 11) is 0. The molecule has 7 heteroatoms. The number of carbonyl (C=O) groups is 1. The quantitative estimate of drug-likeness (QED) is 0.804. The summed E-state index contributed by atoms with van der Waals surface area (Å²) in [6.07, 6.45) is 7.55. The van der Waals surface area contributed by atoms with Crippen LogP contribution in [0.25, 0.3) is 11.3 Å². The van der Waals surface area contributed by atoms with E-state index in [1.54, 1.807) is 0 Å². The first-order chi connectivity index (χ1) is 13.2. The molecule has 1 aromatic heterocycles. The Morgan fingerprint density at radius 3 is 2.63 bits per heavy atom. The molecule has 2 aliphatic rings. The number of aromatic nitrogens is 2. The van der Waals surface area contributed by atoms with Crippen LogP contribution in [-0.4, -0.2) is 35.6 Å². The van der Waals surface area contributed by atoms with Crippen LogP contribution >= 0.6 is 0 Å². The van der Waals surface area contributed by atoms with E-state index in [1.807, 2.05) is 18.2 Å². The number of carbonyl (C=O) groups excluding carboxylic acids is 1. The molecule has 4 rings (SSSR count). The molecule has 6 nitrogen and oxygen atoms in total. The van der Waals surface area contributed by atoms with E-state index in [2.05, 4.69) is 27.1 Å². The van der Waals surface area contributed by atoms with Gasteiger partial charge in [-0.25, -0.2) is 14.4 Å². The van der Waals surface area contributed by atoms with Gasteiger partial charge in [-0.15, -0.1) is 0 Å². The van der Waals surface area contributed by atoms with Gasteiger partial charge in [-0.05, 0) is 24.5 Å². The van der Waals surface area contributed by atoms with Crippen LogP contribution in [0.4, 0.5) is 10.3 Å². The third-order valence-electron chi connectivity index (χ3n) is 4.95. The molecule has 3 N–H and O–H groups in total. The van der Waals surface area contributed by atoms with Gasteiger partial charge in [0.1, 0.15) is 5.69 Å². The molecule has 1 aliphatic carbocycles. The topological polar surface area (TPSA) is 90.1 Å². The molecule has 2 fully saturated rings. The van der Waals surface area contributed by atoms with Crippen molar-refractivity contribution in [2.75, 3.05) is 18.5 Å². The number of rotatable bonds is 4. The smallest absolute Gasteiger partial charge is 0.223 e. The summed E-state index contributed by atoms with van der Waals surface area (Å²) >= 11 is 0. The molecule has 1 aliphatic heterocycles. The summed E-state index contributed by atoms with van der Waals surface area (Å²) in [5.41, 5.74) is 6.51. The van der Waals surface area contributed by atoms with E-state index in [0.29, 0.717) is 23.6 Å². The van der Waals surface area contributed by atoms with E-state index < -0.39 is 0 Å². The van der Waals surface area contributed by atoms with E-state index in [0.717, 1.165) is 31.6 Å². The molecule has 1 aromatic carbocycles. The highest BCUT2D eigenvalue weighted by molar-refractivity contribution is 5.62. The highest BCUT2D eigenvalue weighted by Gasteiger charge is 2.21. The maximum Gasteiger partial charge on any atom is 0.223 e. The van der Waals surface area contributed by atoms with Crippen molar-refractivity contribution in [2.45, 2.75) is 44.1 Å². The van der Waals surface area contributed by atoms with Crippen LogP contribution < -0.4 is 11.1 Å². The zero-order valence-corrected chi connectivity index (χ0v) is 15.2. The first kappa shape index (κ1) is 19.2. The van der Waals surface area contributed by atoms with Crippen LogP contribution in [0.5, 0.6) is 0 Å². The average molecular weight is 372 g/mol. The number of primary amides is 1. The number of hydrogen-bond donors (Lipinski definition) is 2. The Balaban J connectivity index is 0.000000659. The van der Waals surface area contributed by atoms with E-state index in [9.17, 15) is 4.39 Å². The summed E-state index contributed by atoms with van der Waals surface area (Å²) in [5.74, 6) is 0.552. The number of nitrogens with one attached hydrogen (secondary N) is 1. The van der Waals surface area contributed by atoms with E-state index in [4.69, 9.17) is 9.53 Å². The fraction of sp³-hybridized carbons (Fsp3) is 0.450. The molecular weight excluding hydrogens is 347 g/mol. The zero-order chi connectivity index (χ0) is 19.1. The molecular formula is C20H25FN4O2. The molecule has 0 spiro atoms. The lowest BCUT2D eigenvalue weighted by molar-refractivity contribution is -0.106. The summed E-state index contributed by atoms with van der Waals surface area (Å²) in [6.45, 7) is 1.48. The Morgan fingerprint density at radius 1 is 1.22 bits per heavy atom. The van der Waals surface area contributed by atoms with Gasteiger partial charge < -0.3 is 15.8 Å². The lowest BCUT2D eigenvalue weighted by Gasteiger charge is -2.26. The van der Waals surface area contributed by atoms with Crippen molar-refractivity contribution in [3.05, 3.63) is 41.8 Å².